The fraction of sp³-hybridized carbons (Fsp3) is 0.167. The highest BCUT2D eigenvalue weighted by Gasteiger charge is 2.23. The molecule has 0 radical (unpaired) electrons. The second kappa shape index (κ2) is 3.54. The molecule has 0 fully saturated rings. The minimum absolute atomic E-state index is 0.209. The standard InChI is InChI=1S/C12H9ClOS/c13-11-6-8-2-1-3-10(12(8)14-11)9-4-5-15-7-9/h1-5,7,11H,6H2. The van der Waals surface area contributed by atoms with Gasteiger partial charge in [0.05, 0.1) is 0 Å². The summed E-state index contributed by atoms with van der Waals surface area (Å²) < 4.78 is 5.63. The number of halogens is 1. The molecule has 2 aromatic rings. The first-order valence-electron chi connectivity index (χ1n) is 4.80. The zero-order valence-corrected chi connectivity index (χ0v) is 9.52. The molecule has 1 aromatic heterocycles. The van der Waals surface area contributed by atoms with Crippen LogP contribution in [0.1, 0.15) is 5.56 Å². The van der Waals surface area contributed by atoms with Crippen molar-refractivity contribution in [2.24, 2.45) is 0 Å². The van der Waals surface area contributed by atoms with Crippen molar-refractivity contribution in [2.75, 3.05) is 0 Å². The number of thiophene rings is 1. The maximum absolute atomic E-state index is 5.99. The number of hydrogen-bond donors (Lipinski definition) is 0. The Morgan fingerprint density at radius 1 is 1.33 bits per heavy atom. The Morgan fingerprint density at radius 3 is 3.07 bits per heavy atom. The van der Waals surface area contributed by atoms with E-state index in [9.17, 15) is 0 Å². The lowest BCUT2D eigenvalue weighted by molar-refractivity contribution is 0.317. The van der Waals surface area contributed by atoms with Gasteiger partial charge in [-0.05, 0) is 28.0 Å². The van der Waals surface area contributed by atoms with E-state index in [0.717, 1.165) is 17.7 Å². The normalized spacial score (nSPS) is 18.6. The molecule has 3 heteroatoms. The van der Waals surface area contributed by atoms with E-state index in [4.69, 9.17) is 16.3 Å². The van der Waals surface area contributed by atoms with E-state index in [2.05, 4.69) is 35.0 Å². The fourth-order valence-corrected chi connectivity index (χ4v) is 2.78. The highest BCUT2D eigenvalue weighted by Crippen LogP contribution is 2.39. The molecule has 0 amide bonds. The molecular formula is C12H9ClOS. The largest absolute Gasteiger partial charge is 0.473 e. The Kier molecular flexibility index (Phi) is 2.19. The van der Waals surface area contributed by atoms with E-state index in [-0.39, 0.29) is 5.56 Å². The van der Waals surface area contributed by atoms with Gasteiger partial charge in [-0.2, -0.15) is 11.3 Å². The Hall–Kier alpha value is -0.990. The van der Waals surface area contributed by atoms with Gasteiger partial charge in [-0.1, -0.05) is 29.8 Å². The summed E-state index contributed by atoms with van der Waals surface area (Å²) in [7, 11) is 0. The number of benzene rings is 1. The SMILES string of the molecule is ClC1Cc2cccc(-c3ccsc3)c2O1. The molecule has 1 atom stereocenters. The van der Waals surface area contributed by atoms with Gasteiger partial charge in [0.2, 0.25) is 0 Å². The van der Waals surface area contributed by atoms with Gasteiger partial charge < -0.3 is 4.74 Å². The summed E-state index contributed by atoms with van der Waals surface area (Å²) in [5.74, 6) is 0.955. The Morgan fingerprint density at radius 2 is 2.27 bits per heavy atom. The maximum atomic E-state index is 5.99. The average molecular weight is 237 g/mol. The van der Waals surface area contributed by atoms with Crippen LogP contribution in [0.25, 0.3) is 11.1 Å². The third kappa shape index (κ3) is 1.54. The fourth-order valence-electron chi connectivity index (χ4n) is 1.87. The van der Waals surface area contributed by atoms with Crippen molar-refractivity contribution < 1.29 is 4.74 Å². The molecule has 1 aliphatic rings. The monoisotopic (exact) mass is 236 g/mol. The lowest BCUT2D eigenvalue weighted by Gasteiger charge is -2.06. The molecule has 1 nitrogen and oxygen atoms in total. The average Bonchev–Trinajstić information content (AvgIpc) is 2.82. The molecule has 1 unspecified atom stereocenters. The van der Waals surface area contributed by atoms with Crippen molar-refractivity contribution in [3.63, 3.8) is 0 Å². The van der Waals surface area contributed by atoms with E-state index in [1.807, 2.05) is 0 Å². The van der Waals surface area contributed by atoms with Crippen molar-refractivity contribution in [1.82, 2.24) is 0 Å². The summed E-state index contributed by atoms with van der Waals surface area (Å²) in [6.07, 6.45) is 0.800. The predicted octanol–water partition coefficient (Wildman–Crippen LogP) is 3.91. The van der Waals surface area contributed by atoms with Gasteiger partial charge in [-0.15, -0.1) is 0 Å². The van der Waals surface area contributed by atoms with E-state index < -0.39 is 0 Å². The lowest BCUT2D eigenvalue weighted by atomic mass is 10.0. The molecule has 0 saturated carbocycles. The van der Waals surface area contributed by atoms with Crippen LogP contribution >= 0.6 is 22.9 Å². The van der Waals surface area contributed by atoms with Crippen LogP contribution in [-0.4, -0.2) is 5.56 Å². The third-order valence-corrected chi connectivity index (χ3v) is 3.48. The Bertz CT molecular complexity index is 478. The smallest absolute Gasteiger partial charge is 0.176 e. The van der Waals surface area contributed by atoms with E-state index in [0.29, 0.717) is 0 Å². The summed E-state index contributed by atoms with van der Waals surface area (Å²) in [6, 6.07) is 8.32. The first-order valence-corrected chi connectivity index (χ1v) is 6.18. The van der Waals surface area contributed by atoms with Crippen LogP contribution in [0, 0.1) is 0 Å². The summed E-state index contributed by atoms with van der Waals surface area (Å²) in [4.78, 5) is 0. The van der Waals surface area contributed by atoms with Crippen molar-refractivity contribution in [1.29, 1.82) is 0 Å². The van der Waals surface area contributed by atoms with E-state index >= 15 is 0 Å². The first-order chi connectivity index (χ1) is 7.34. The van der Waals surface area contributed by atoms with Crippen LogP contribution < -0.4 is 4.74 Å². The van der Waals surface area contributed by atoms with E-state index in [1.165, 1.54) is 11.1 Å². The molecule has 15 heavy (non-hydrogen) atoms. The van der Waals surface area contributed by atoms with Crippen LogP contribution in [0.3, 0.4) is 0 Å². The highest BCUT2D eigenvalue weighted by atomic mass is 35.5. The summed E-state index contributed by atoms with van der Waals surface area (Å²) in [6.45, 7) is 0. The number of rotatable bonds is 1. The molecule has 0 saturated heterocycles. The van der Waals surface area contributed by atoms with Gasteiger partial charge in [0.25, 0.3) is 0 Å². The Labute approximate surface area is 97.3 Å². The maximum Gasteiger partial charge on any atom is 0.176 e. The zero-order chi connectivity index (χ0) is 10.3. The first kappa shape index (κ1) is 9.25. The van der Waals surface area contributed by atoms with Crippen LogP contribution in [0.2, 0.25) is 0 Å². The third-order valence-electron chi connectivity index (χ3n) is 2.55. The minimum atomic E-state index is -0.209. The quantitative estimate of drug-likeness (QED) is 0.682. The van der Waals surface area contributed by atoms with Crippen LogP contribution in [-0.2, 0) is 6.42 Å². The molecule has 76 valence electrons. The van der Waals surface area contributed by atoms with E-state index in [1.54, 1.807) is 11.3 Å². The highest BCUT2D eigenvalue weighted by molar-refractivity contribution is 7.08. The van der Waals surface area contributed by atoms with Gasteiger partial charge >= 0.3 is 0 Å². The van der Waals surface area contributed by atoms with Crippen molar-refractivity contribution in [3.8, 4) is 16.9 Å². The second-order valence-electron chi connectivity index (χ2n) is 3.54. The molecular weight excluding hydrogens is 228 g/mol. The molecule has 0 spiro atoms. The minimum Gasteiger partial charge on any atom is -0.473 e. The number of alkyl halides is 1. The molecule has 2 heterocycles. The summed E-state index contributed by atoms with van der Waals surface area (Å²) in [5.41, 5.74) is 3.36. The van der Waals surface area contributed by atoms with Crippen molar-refractivity contribution in [2.45, 2.75) is 12.0 Å². The molecule has 1 aromatic carbocycles. The molecule has 0 aliphatic carbocycles. The van der Waals surface area contributed by atoms with Crippen LogP contribution in [0.5, 0.6) is 5.75 Å². The van der Waals surface area contributed by atoms with Crippen LogP contribution in [0.15, 0.2) is 35.0 Å². The number of hydrogen-bond acceptors (Lipinski definition) is 2. The summed E-state index contributed by atoms with van der Waals surface area (Å²) in [5, 5.41) is 4.20. The molecule has 1 aliphatic heterocycles. The van der Waals surface area contributed by atoms with Crippen molar-refractivity contribution >= 4 is 22.9 Å². The molecule has 0 bridgehead atoms. The van der Waals surface area contributed by atoms with Gasteiger partial charge in [-0.25, -0.2) is 0 Å². The van der Waals surface area contributed by atoms with Gasteiger partial charge in [0.15, 0.2) is 5.56 Å². The topological polar surface area (TPSA) is 9.23 Å². The van der Waals surface area contributed by atoms with Gasteiger partial charge in [-0.3, -0.25) is 0 Å². The molecule has 3 rings (SSSR count). The number of para-hydroxylation sites is 1. The van der Waals surface area contributed by atoms with Crippen LogP contribution in [0.4, 0.5) is 0 Å². The lowest BCUT2D eigenvalue weighted by Crippen LogP contribution is -2.01. The Balaban J connectivity index is 2.15. The number of fused-ring (bicyclic) bond motifs is 1. The van der Waals surface area contributed by atoms with Gasteiger partial charge in [0, 0.05) is 12.0 Å². The zero-order valence-electron chi connectivity index (χ0n) is 7.94. The summed E-state index contributed by atoms with van der Waals surface area (Å²) >= 11 is 7.68. The second-order valence-corrected chi connectivity index (χ2v) is 4.80. The van der Waals surface area contributed by atoms with Crippen molar-refractivity contribution in [3.05, 3.63) is 40.6 Å². The number of ether oxygens (including phenoxy) is 1. The molecule has 0 N–H and O–H groups in total. The van der Waals surface area contributed by atoms with Gasteiger partial charge in [0.1, 0.15) is 5.75 Å². The predicted molar refractivity (Wildman–Crippen MR) is 63.7 cm³/mol.